The summed E-state index contributed by atoms with van der Waals surface area (Å²) in [6.45, 7) is -0.782. The van der Waals surface area contributed by atoms with Crippen LogP contribution in [-0.4, -0.2) is 53.0 Å². The normalized spacial score (nSPS) is 26.3. The summed E-state index contributed by atoms with van der Waals surface area (Å²) < 4.78 is 51.0. The van der Waals surface area contributed by atoms with Crippen LogP contribution in [0, 0.1) is 0 Å². The molecular weight excluding hydrogens is 465 g/mol. The first-order chi connectivity index (χ1) is 12.7. The van der Waals surface area contributed by atoms with E-state index in [4.69, 9.17) is 19.4 Å². The Kier molecular flexibility index (Phi) is 8.47. The second-order valence-corrected chi connectivity index (χ2v) is 9.78. The van der Waals surface area contributed by atoms with Gasteiger partial charge in [-0.2, -0.15) is 8.62 Å². The van der Waals surface area contributed by atoms with Gasteiger partial charge in [-0.25, -0.2) is 18.5 Å². The molecule has 0 radical (unpaired) electrons. The van der Waals surface area contributed by atoms with Crippen LogP contribution in [0.5, 0.6) is 0 Å². The van der Waals surface area contributed by atoms with Gasteiger partial charge in [0.25, 0.3) is 5.56 Å². The van der Waals surface area contributed by atoms with Crippen molar-refractivity contribution >= 4 is 23.5 Å². The molecule has 19 heteroatoms. The SMILES string of the molecule is C.O=c1ccn([C@@H]2O[C@H](COP(=O)(O)OP(=O)(O)OP(=O)(O)O)C[C@H]2O)c(=O)[nH]1. The molecule has 1 aromatic rings. The quantitative estimate of drug-likeness (QED) is 0.247. The predicted molar refractivity (Wildman–Crippen MR) is 92.4 cm³/mol. The first kappa shape index (κ1) is 26.0. The maximum atomic E-state index is 11.7. The molecule has 0 aliphatic carbocycles. The Morgan fingerprint density at radius 2 is 1.76 bits per heavy atom. The fraction of sp³-hybridized carbons (Fsp3) is 0.600. The van der Waals surface area contributed by atoms with Crippen LogP contribution in [0.15, 0.2) is 21.9 Å². The standard InChI is InChI=1S/C9H15N2O14P3.CH4/c12-6-3-5(23-8(6)11-2-1-7(13)10-9(11)14)4-22-27(18,19)25-28(20,21)24-26(15,16)17;/h1-2,5-6,8,12H,3-4H2,(H,18,19)(H,20,21)(H,10,13,14)(H2,15,16,17);1H4/t5-,6+,8+;/m0./s1. The molecule has 1 fully saturated rings. The van der Waals surface area contributed by atoms with Crippen LogP contribution >= 0.6 is 23.5 Å². The number of hydrogen-bond donors (Lipinski definition) is 6. The van der Waals surface area contributed by atoms with Gasteiger partial charge in [-0.1, -0.05) is 7.43 Å². The summed E-state index contributed by atoms with van der Waals surface area (Å²) in [5, 5.41) is 9.96. The lowest BCUT2D eigenvalue weighted by Gasteiger charge is -2.19. The van der Waals surface area contributed by atoms with E-state index >= 15 is 0 Å². The number of ether oxygens (including phenoxy) is 1. The van der Waals surface area contributed by atoms with Crippen molar-refractivity contribution in [1.29, 1.82) is 0 Å². The molecule has 0 spiro atoms. The summed E-state index contributed by atoms with van der Waals surface area (Å²) in [6, 6.07) is 0.997. The van der Waals surface area contributed by atoms with E-state index in [-0.39, 0.29) is 13.8 Å². The second-order valence-electron chi connectivity index (χ2n) is 5.36. The van der Waals surface area contributed by atoms with E-state index in [1.54, 1.807) is 0 Å². The molecule has 16 nitrogen and oxygen atoms in total. The van der Waals surface area contributed by atoms with Crippen molar-refractivity contribution in [2.75, 3.05) is 6.61 Å². The summed E-state index contributed by atoms with van der Waals surface area (Å²) in [4.78, 5) is 59.9. The molecule has 0 amide bonds. The number of nitrogens with zero attached hydrogens (tertiary/aromatic N) is 1. The van der Waals surface area contributed by atoms with Gasteiger partial charge < -0.3 is 29.4 Å². The Labute approximate surface area is 162 Å². The summed E-state index contributed by atoms with van der Waals surface area (Å²) in [6.07, 6.45) is -2.79. The monoisotopic (exact) mass is 484 g/mol. The molecule has 168 valence electrons. The topological polar surface area (TPSA) is 244 Å². The number of aliphatic hydroxyl groups is 1. The molecule has 0 saturated carbocycles. The number of nitrogens with one attached hydrogen (secondary N) is 1. The highest BCUT2D eigenvalue weighted by Crippen LogP contribution is 2.66. The molecule has 29 heavy (non-hydrogen) atoms. The lowest BCUT2D eigenvalue weighted by Crippen LogP contribution is -2.34. The highest BCUT2D eigenvalue weighted by Gasteiger charge is 2.42. The minimum atomic E-state index is -5.65. The highest BCUT2D eigenvalue weighted by molar-refractivity contribution is 7.66. The summed E-state index contributed by atoms with van der Waals surface area (Å²) in [7, 11) is -16.5. The summed E-state index contributed by atoms with van der Waals surface area (Å²) >= 11 is 0. The van der Waals surface area contributed by atoms with Gasteiger partial charge in [-0.05, 0) is 0 Å². The minimum Gasteiger partial charge on any atom is -0.388 e. The number of aliphatic hydroxyl groups excluding tert-OH is 1. The van der Waals surface area contributed by atoms with E-state index in [0.717, 1.165) is 16.8 Å². The largest absolute Gasteiger partial charge is 0.490 e. The van der Waals surface area contributed by atoms with Crippen molar-refractivity contribution in [1.82, 2.24) is 9.55 Å². The molecule has 1 aromatic heterocycles. The number of aromatic amines is 1. The van der Waals surface area contributed by atoms with Crippen LogP contribution in [0.25, 0.3) is 0 Å². The van der Waals surface area contributed by atoms with Crippen molar-refractivity contribution in [3.05, 3.63) is 33.1 Å². The fourth-order valence-corrected chi connectivity index (χ4v) is 5.24. The smallest absolute Gasteiger partial charge is 0.388 e. The number of aromatic nitrogens is 2. The lowest BCUT2D eigenvalue weighted by molar-refractivity contribution is -0.0524. The predicted octanol–water partition coefficient (Wildman–Crippen LogP) is -0.836. The highest BCUT2D eigenvalue weighted by atomic mass is 31.3. The first-order valence-corrected chi connectivity index (χ1v) is 11.6. The van der Waals surface area contributed by atoms with E-state index in [0.29, 0.717) is 0 Å². The molecule has 5 atom stereocenters. The molecule has 1 aliphatic rings. The van der Waals surface area contributed by atoms with E-state index in [9.17, 15) is 33.3 Å². The van der Waals surface area contributed by atoms with Crippen LogP contribution < -0.4 is 11.2 Å². The van der Waals surface area contributed by atoms with Crippen LogP contribution in [0.2, 0.25) is 0 Å². The van der Waals surface area contributed by atoms with Crippen molar-refractivity contribution < 1.29 is 56.3 Å². The Morgan fingerprint density at radius 3 is 2.31 bits per heavy atom. The van der Waals surface area contributed by atoms with Crippen LogP contribution in [0.1, 0.15) is 20.1 Å². The van der Waals surface area contributed by atoms with Gasteiger partial charge >= 0.3 is 29.2 Å². The van der Waals surface area contributed by atoms with Gasteiger partial charge in [0.1, 0.15) is 6.10 Å². The number of H-pyrrole nitrogens is 1. The molecule has 6 N–H and O–H groups in total. The van der Waals surface area contributed by atoms with Gasteiger partial charge in [0.05, 0.1) is 12.7 Å². The van der Waals surface area contributed by atoms with Crippen LogP contribution in [0.3, 0.4) is 0 Å². The molecule has 2 unspecified atom stereocenters. The van der Waals surface area contributed by atoms with Crippen molar-refractivity contribution in [2.45, 2.75) is 32.3 Å². The number of rotatable bonds is 8. The van der Waals surface area contributed by atoms with Crippen LogP contribution in [0.4, 0.5) is 0 Å². The molecule has 1 aliphatic heterocycles. The third kappa shape index (κ3) is 7.98. The number of hydrogen-bond acceptors (Lipinski definition) is 10. The average Bonchev–Trinajstić information content (AvgIpc) is 2.82. The minimum absolute atomic E-state index is 0. The zero-order chi connectivity index (χ0) is 21.3. The van der Waals surface area contributed by atoms with E-state index in [1.807, 2.05) is 4.98 Å². The Balaban J connectivity index is 0.00000420. The molecule has 1 saturated heterocycles. The van der Waals surface area contributed by atoms with Gasteiger partial charge in [0.2, 0.25) is 0 Å². The van der Waals surface area contributed by atoms with E-state index < -0.39 is 59.8 Å². The molecule has 2 rings (SSSR count). The number of phosphoric acid groups is 3. The maximum Gasteiger partial charge on any atom is 0.490 e. The second kappa shape index (κ2) is 9.43. The van der Waals surface area contributed by atoms with Crippen molar-refractivity contribution in [2.24, 2.45) is 0 Å². The van der Waals surface area contributed by atoms with Crippen molar-refractivity contribution in [3.63, 3.8) is 0 Å². The Hall–Kier alpha value is -0.990. The third-order valence-corrected chi connectivity index (χ3v) is 6.93. The average molecular weight is 484 g/mol. The van der Waals surface area contributed by atoms with Crippen LogP contribution in [-0.2, 0) is 31.6 Å². The van der Waals surface area contributed by atoms with Gasteiger partial charge in [0.15, 0.2) is 6.23 Å². The van der Waals surface area contributed by atoms with E-state index in [1.165, 1.54) is 0 Å². The molecular formula is C10H19N2O14P3. The maximum absolute atomic E-state index is 11.7. The molecule has 0 bridgehead atoms. The number of phosphoric ester groups is 1. The van der Waals surface area contributed by atoms with E-state index in [2.05, 4.69) is 13.1 Å². The first-order valence-electron chi connectivity index (χ1n) is 7.11. The van der Waals surface area contributed by atoms with Gasteiger partial charge in [-0.15, -0.1) is 0 Å². The third-order valence-electron chi connectivity index (χ3n) is 3.13. The van der Waals surface area contributed by atoms with Gasteiger partial charge in [-0.3, -0.25) is 18.9 Å². The lowest BCUT2D eigenvalue weighted by atomic mass is 10.2. The molecule has 0 aromatic carbocycles. The van der Waals surface area contributed by atoms with Crippen molar-refractivity contribution in [3.8, 4) is 0 Å². The Morgan fingerprint density at radius 1 is 1.14 bits per heavy atom. The molecule has 2 heterocycles. The zero-order valence-corrected chi connectivity index (χ0v) is 16.2. The summed E-state index contributed by atoms with van der Waals surface area (Å²) in [5.41, 5.74) is -1.57. The fourth-order valence-electron chi connectivity index (χ4n) is 2.20. The van der Waals surface area contributed by atoms with Gasteiger partial charge in [0, 0.05) is 18.7 Å². The summed E-state index contributed by atoms with van der Waals surface area (Å²) in [5.74, 6) is 0. The zero-order valence-electron chi connectivity index (χ0n) is 13.5. The Bertz CT molecular complexity index is 967.